The monoisotopic (exact) mass is 348 g/mol. The van der Waals surface area contributed by atoms with E-state index in [4.69, 9.17) is 5.14 Å². The number of benzene rings is 1. The van der Waals surface area contributed by atoms with E-state index in [1.54, 1.807) is 13.0 Å². The predicted octanol–water partition coefficient (Wildman–Crippen LogP) is 2.00. The van der Waals surface area contributed by atoms with Crippen molar-refractivity contribution in [3.63, 3.8) is 0 Å². The summed E-state index contributed by atoms with van der Waals surface area (Å²) in [6, 6.07) is 4.38. The number of hydrogen-bond donors (Lipinski definition) is 2. The van der Waals surface area contributed by atoms with Crippen LogP contribution in [-0.2, 0) is 14.8 Å². The lowest BCUT2D eigenvalue weighted by Crippen LogP contribution is -2.27. The molecule has 0 saturated heterocycles. The molecular weight excluding hydrogens is 332 g/mol. The number of nitrogens with one attached hydrogen (secondary N) is 1. The number of amides is 1. The van der Waals surface area contributed by atoms with Crippen molar-refractivity contribution in [3.05, 3.63) is 23.8 Å². The molecule has 0 aliphatic rings. The zero-order valence-corrected chi connectivity index (χ0v) is 13.4. The van der Waals surface area contributed by atoms with Crippen molar-refractivity contribution in [1.82, 2.24) is 0 Å². The normalized spacial score (nSPS) is 13.4. The van der Waals surface area contributed by atoms with Crippen molar-refractivity contribution >= 4 is 37.5 Å². The lowest BCUT2D eigenvalue weighted by Gasteiger charge is -2.15. The summed E-state index contributed by atoms with van der Waals surface area (Å²) in [6.07, 6.45) is 0. The van der Waals surface area contributed by atoms with Gasteiger partial charge in [0.2, 0.25) is 15.9 Å². The summed E-state index contributed by atoms with van der Waals surface area (Å²) in [5.74, 6) is -0.0913. The number of aryl methyl sites for hydroxylation is 1. The second-order valence-electron chi connectivity index (χ2n) is 4.66. The SMILES string of the molecule is Cc1ccc(S(N)(=O)=O)cc1NC(=O)C(Br)C(C)C. The largest absolute Gasteiger partial charge is 0.325 e. The molecule has 1 aromatic carbocycles. The molecule has 1 rings (SSSR count). The molecule has 0 aromatic heterocycles. The fourth-order valence-corrected chi connectivity index (χ4v) is 2.07. The summed E-state index contributed by atoms with van der Waals surface area (Å²) in [4.78, 5) is 11.6. The van der Waals surface area contributed by atoms with Gasteiger partial charge >= 0.3 is 0 Å². The third-order valence-electron chi connectivity index (χ3n) is 2.63. The van der Waals surface area contributed by atoms with Crippen LogP contribution in [0.3, 0.4) is 0 Å². The number of primary sulfonamides is 1. The minimum atomic E-state index is -3.78. The minimum absolute atomic E-state index is 0.0240. The van der Waals surface area contributed by atoms with Crippen molar-refractivity contribution < 1.29 is 13.2 Å². The van der Waals surface area contributed by atoms with Gasteiger partial charge < -0.3 is 5.32 Å². The number of halogens is 1. The van der Waals surface area contributed by atoms with Gasteiger partial charge in [-0.15, -0.1) is 0 Å². The van der Waals surface area contributed by atoms with Crippen molar-refractivity contribution in [2.75, 3.05) is 5.32 Å². The zero-order valence-electron chi connectivity index (χ0n) is 11.0. The summed E-state index contributed by atoms with van der Waals surface area (Å²) in [6.45, 7) is 5.60. The maximum absolute atomic E-state index is 11.9. The number of carbonyl (C=O) groups is 1. The molecule has 0 radical (unpaired) electrons. The quantitative estimate of drug-likeness (QED) is 0.815. The van der Waals surface area contributed by atoms with Crippen LogP contribution >= 0.6 is 15.9 Å². The molecule has 1 amide bonds. The smallest absolute Gasteiger partial charge is 0.238 e. The second-order valence-corrected chi connectivity index (χ2v) is 7.20. The molecule has 106 valence electrons. The molecule has 3 N–H and O–H groups in total. The highest BCUT2D eigenvalue weighted by Gasteiger charge is 2.20. The molecule has 5 nitrogen and oxygen atoms in total. The van der Waals surface area contributed by atoms with E-state index in [-0.39, 0.29) is 21.5 Å². The summed E-state index contributed by atoms with van der Waals surface area (Å²) in [5, 5.41) is 7.76. The molecule has 7 heteroatoms. The van der Waals surface area contributed by atoms with E-state index < -0.39 is 10.0 Å². The highest BCUT2D eigenvalue weighted by Crippen LogP contribution is 2.21. The number of anilines is 1. The number of sulfonamides is 1. The van der Waals surface area contributed by atoms with E-state index in [0.29, 0.717) is 5.69 Å². The van der Waals surface area contributed by atoms with Crippen LogP contribution < -0.4 is 10.5 Å². The van der Waals surface area contributed by atoms with Gasteiger partial charge in [-0.3, -0.25) is 4.79 Å². The first kappa shape index (κ1) is 16.1. The second kappa shape index (κ2) is 6.02. The van der Waals surface area contributed by atoms with E-state index in [1.807, 2.05) is 13.8 Å². The van der Waals surface area contributed by atoms with Crippen LogP contribution in [-0.4, -0.2) is 19.2 Å². The highest BCUT2D eigenvalue weighted by molar-refractivity contribution is 9.10. The van der Waals surface area contributed by atoms with Gasteiger partial charge in [0.15, 0.2) is 0 Å². The Balaban J connectivity index is 3.05. The van der Waals surface area contributed by atoms with E-state index in [1.165, 1.54) is 12.1 Å². The fraction of sp³-hybridized carbons (Fsp3) is 0.417. The van der Waals surface area contributed by atoms with E-state index in [0.717, 1.165) is 5.56 Å². The predicted molar refractivity (Wildman–Crippen MR) is 78.7 cm³/mol. The van der Waals surface area contributed by atoms with Gasteiger partial charge in [0.25, 0.3) is 0 Å². The Kier molecular flexibility index (Phi) is 5.11. The molecule has 0 heterocycles. The van der Waals surface area contributed by atoms with Gasteiger partial charge in [0, 0.05) is 5.69 Å². The van der Waals surface area contributed by atoms with E-state index >= 15 is 0 Å². The van der Waals surface area contributed by atoms with Gasteiger partial charge in [0.05, 0.1) is 9.72 Å². The number of nitrogens with two attached hydrogens (primary N) is 1. The maximum atomic E-state index is 11.9. The highest BCUT2D eigenvalue weighted by atomic mass is 79.9. The van der Waals surface area contributed by atoms with Gasteiger partial charge in [-0.25, -0.2) is 13.6 Å². The Morgan fingerprint density at radius 1 is 1.37 bits per heavy atom. The van der Waals surface area contributed by atoms with Gasteiger partial charge in [-0.2, -0.15) is 0 Å². The molecule has 0 saturated carbocycles. The standard InChI is InChI=1S/C12H17BrN2O3S/c1-7(2)11(13)12(16)15-10-6-9(19(14,17)18)5-4-8(10)3/h4-7,11H,1-3H3,(H,15,16)(H2,14,17,18). The van der Waals surface area contributed by atoms with Crippen LogP contribution in [0.2, 0.25) is 0 Å². The summed E-state index contributed by atoms with van der Waals surface area (Å²) in [7, 11) is -3.78. The Bertz CT molecular complexity index is 585. The topological polar surface area (TPSA) is 89.3 Å². The van der Waals surface area contributed by atoms with Crippen LogP contribution in [0.5, 0.6) is 0 Å². The first-order valence-electron chi connectivity index (χ1n) is 5.71. The number of alkyl halides is 1. The molecular formula is C12H17BrN2O3S. The first-order valence-corrected chi connectivity index (χ1v) is 8.17. The number of hydrogen-bond acceptors (Lipinski definition) is 3. The fourth-order valence-electron chi connectivity index (χ4n) is 1.42. The Labute approximate surface area is 121 Å². The minimum Gasteiger partial charge on any atom is -0.325 e. The molecule has 0 aliphatic carbocycles. The summed E-state index contributed by atoms with van der Waals surface area (Å²) < 4.78 is 22.6. The average Bonchev–Trinajstić information content (AvgIpc) is 2.29. The third-order valence-corrected chi connectivity index (χ3v) is 5.02. The van der Waals surface area contributed by atoms with Crippen LogP contribution in [0.25, 0.3) is 0 Å². The Morgan fingerprint density at radius 2 is 1.95 bits per heavy atom. The van der Waals surface area contributed by atoms with Crippen molar-refractivity contribution in [1.29, 1.82) is 0 Å². The van der Waals surface area contributed by atoms with Crippen LogP contribution in [0.1, 0.15) is 19.4 Å². The lowest BCUT2D eigenvalue weighted by molar-refractivity contribution is -0.116. The van der Waals surface area contributed by atoms with Gasteiger partial charge in [0.1, 0.15) is 0 Å². The molecule has 0 fully saturated rings. The van der Waals surface area contributed by atoms with Gasteiger partial charge in [-0.05, 0) is 30.5 Å². The Morgan fingerprint density at radius 3 is 2.42 bits per heavy atom. The van der Waals surface area contributed by atoms with E-state index in [2.05, 4.69) is 21.2 Å². The number of rotatable bonds is 4. The zero-order chi connectivity index (χ0) is 14.8. The lowest BCUT2D eigenvalue weighted by atomic mass is 10.1. The van der Waals surface area contributed by atoms with Crippen molar-refractivity contribution in [3.8, 4) is 0 Å². The van der Waals surface area contributed by atoms with Crippen LogP contribution in [0.4, 0.5) is 5.69 Å². The van der Waals surface area contributed by atoms with Crippen LogP contribution in [0, 0.1) is 12.8 Å². The van der Waals surface area contributed by atoms with Crippen LogP contribution in [0.15, 0.2) is 23.1 Å². The number of carbonyl (C=O) groups excluding carboxylic acids is 1. The molecule has 1 aromatic rings. The molecule has 19 heavy (non-hydrogen) atoms. The average molecular weight is 349 g/mol. The summed E-state index contributed by atoms with van der Waals surface area (Å²) in [5.41, 5.74) is 1.21. The molecule has 0 bridgehead atoms. The molecule has 1 unspecified atom stereocenters. The molecule has 1 atom stereocenters. The Hall–Kier alpha value is -0.920. The first-order chi connectivity index (χ1) is 8.62. The van der Waals surface area contributed by atoms with Crippen molar-refractivity contribution in [2.24, 2.45) is 11.1 Å². The van der Waals surface area contributed by atoms with E-state index in [9.17, 15) is 13.2 Å². The van der Waals surface area contributed by atoms with Gasteiger partial charge in [-0.1, -0.05) is 35.8 Å². The third kappa shape index (κ3) is 4.29. The molecule has 0 spiro atoms. The molecule has 0 aliphatic heterocycles. The summed E-state index contributed by atoms with van der Waals surface area (Å²) >= 11 is 3.29. The van der Waals surface area contributed by atoms with Crippen molar-refractivity contribution in [2.45, 2.75) is 30.5 Å². The maximum Gasteiger partial charge on any atom is 0.238 e.